The predicted octanol–water partition coefficient (Wildman–Crippen LogP) is 3.60. The number of anilines is 2. The first-order valence-electron chi connectivity index (χ1n) is 6.60. The quantitative estimate of drug-likeness (QED) is 0.649. The Morgan fingerprint density at radius 2 is 1.88 bits per heavy atom. The van der Waals surface area contributed by atoms with Gasteiger partial charge in [0.1, 0.15) is 11.4 Å². The van der Waals surface area contributed by atoms with Gasteiger partial charge in [0.2, 0.25) is 5.91 Å². The first kappa shape index (κ1) is 17.4. The Balaban J connectivity index is 2.33. The second kappa shape index (κ2) is 7.05. The second-order valence-corrected chi connectivity index (χ2v) is 5.18. The Morgan fingerprint density at radius 3 is 2.50 bits per heavy atom. The molecule has 0 fully saturated rings. The zero-order valence-electron chi connectivity index (χ0n) is 12.3. The van der Waals surface area contributed by atoms with Gasteiger partial charge in [0, 0.05) is 23.7 Å². The van der Waals surface area contributed by atoms with Crippen molar-refractivity contribution in [3.05, 3.63) is 62.9 Å². The number of nitro groups is 1. The summed E-state index contributed by atoms with van der Waals surface area (Å²) >= 11 is 5.68. The van der Waals surface area contributed by atoms with Crippen LogP contribution in [0.4, 0.5) is 21.5 Å². The molecule has 0 aliphatic carbocycles. The number of carbonyl (C=O) groups excluding carboxylic acids is 2. The van der Waals surface area contributed by atoms with Crippen LogP contribution in [0.3, 0.4) is 0 Å². The van der Waals surface area contributed by atoms with E-state index in [1.807, 2.05) is 0 Å². The van der Waals surface area contributed by atoms with Crippen LogP contribution >= 0.6 is 11.6 Å². The number of nitrogens with one attached hydrogen (secondary N) is 2. The summed E-state index contributed by atoms with van der Waals surface area (Å²) in [6, 6.07) is 7.09. The average molecular weight is 352 g/mol. The number of hydrogen-bond donors (Lipinski definition) is 2. The fraction of sp³-hybridized carbons (Fsp3) is 0.0667. The van der Waals surface area contributed by atoms with E-state index in [-0.39, 0.29) is 27.9 Å². The summed E-state index contributed by atoms with van der Waals surface area (Å²) in [5.41, 5.74) is -0.729. The van der Waals surface area contributed by atoms with Crippen LogP contribution in [-0.4, -0.2) is 16.7 Å². The van der Waals surface area contributed by atoms with E-state index in [4.69, 9.17) is 11.6 Å². The summed E-state index contributed by atoms with van der Waals surface area (Å²) in [6.07, 6.45) is 0. The van der Waals surface area contributed by atoms with Crippen LogP contribution in [0.2, 0.25) is 5.02 Å². The predicted molar refractivity (Wildman–Crippen MR) is 86.8 cm³/mol. The van der Waals surface area contributed by atoms with Crippen LogP contribution in [0.1, 0.15) is 17.3 Å². The molecule has 0 atom stereocenters. The van der Waals surface area contributed by atoms with Gasteiger partial charge in [-0.25, -0.2) is 4.39 Å². The zero-order valence-corrected chi connectivity index (χ0v) is 13.1. The lowest BCUT2D eigenvalue weighted by Gasteiger charge is -2.09. The topological polar surface area (TPSA) is 101 Å². The molecule has 0 saturated carbocycles. The van der Waals surface area contributed by atoms with Crippen molar-refractivity contribution in [3.63, 3.8) is 0 Å². The van der Waals surface area contributed by atoms with Crippen molar-refractivity contribution >= 4 is 40.5 Å². The Kier molecular flexibility index (Phi) is 5.10. The molecule has 2 amide bonds. The highest BCUT2D eigenvalue weighted by molar-refractivity contribution is 6.31. The first-order chi connectivity index (χ1) is 11.3. The number of amides is 2. The summed E-state index contributed by atoms with van der Waals surface area (Å²) in [5.74, 6) is -2.00. The van der Waals surface area contributed by atoms with Gasteiger partial charge in [-0.1, -0.05) is 11.6 Å². The number of benzene rings is 2. The van der Waals surface area contributed by atoms with E-state index in [1.165, 1.54) is 31.2 Å². The fourth-order valence-corrected chi connectivity index (χ4v) is 2.11. The second-order valence-electron chi connectivity index (χ2n) is 4.75. The lowest BCUT2D eigenvalue weighted by atomic mass is 10.1. The molecule has 0 unspecified atom stereocenters. The minimum Gasteiger partial charge on any atom is -0.326 e. The minimum absolute atomic E-state index is 0.0945. The van der Waals surface area contributed by atoms with Gasteiger partial charge in [-0.2, -0.15) is 0 Å². The van der Waals surface area contributed by atoms with Crippen molar-refractivity contribution in [1.29, 1.82) is 0 Å². The number of halogens is 2. The molecule has 0 aliphatic heterocycles. The van der Waals surface area contributed by atoms with E-state index < -0.39 is 22.3 Å². The molecular formula is C15H11ClFN3O4. The first-order valence-corrected chi connectivity index (χ1v) is 6.98. The van der Waals surface area contributed by atoms with E-state index in [1.54, 1.807) is 0 Å². The standard InChI is InChI=1S/C15H11ClFN3O4/c1-8(21)18-10-3-5-12(17)13(7-10)19-15(22)11-4-2-9(16)6-14(11)20(23)24/h2-7H,1H3,(H,18,21)(H,19,22). The summed E-state index contributed by atoms with van der Waals surface area (Å²) in [4.78, 5) is 33.5. The number of nitro benzene ring substituents is 1. The van der Waals surface area contributed by atoms with Gasteiger partial charge in [-0.3, -0.25) is 19.7 Å². The van der Waals surface area contributed by atoms with Gasteiger partial charge < -0.3 is 10.6 Å². The number of carbonyl (C=O) groups is 2. The molecule has 0 heterocycles. The minimum atomic E-state index is -0.878. The van der Waals surface area contributed by atoms with Gasteiger partial charge in [0.05, 0.1) is 10.6 Å². The lowest BCUT2D eigenvalue weighted by molar-refractivity contribution is -0.385. The smallest absolute Gasteiger partial charge is 0.283 e. The van der Waals surface area contributed by atoms with Gasteiger partial charge in [-0.05, 0) is 30.3 Å². The molecule has 124 valence electrons. The van der Waals surface area contributed by atoms with Crippen LogP contribution in [-0.2, 0) is 4.79 Å². The van der Waals surface area contributed by atoms with Gasteiger partial charge in [-0.15, -0.1) is 0 Å². The maximum absolute atomic E-state index is 13.8. The van der Waals surface area contributed by atoms with Gasteiger partial charge >= 0.3 is 0 Å². The highest BCUT2D eigenvalue weighted by atomic mass is 35.5. The molecule has 2 N–H and O–H groups in total. The number of hydrogen-bond acceptors (Lipinski definition) is 4. The molecule has 2 aromatic carbocycles. The van der Waals surface area contributed by atoms with Crippen LogP contribution in [0.5, 0.6) is 0 Å². The van der Waals surface area contributed by atoms with E-state index in [0.717, 1.165) is 12.1 Å². The molecule has 24 heavy (non-hydrogen) atoms. The molecule has 2 aromatic rings. The average Bonchev–Trinajstić information content (AvgIpc) is 2.49. The van der Waals surface area contributed by atoms with Gasteiger partial charge in [0.25, 0.3) is 11.6 Å². The molecular weight excluding hydrogens is 341 g/mol. The Labute approximate surface area is 140 Å². The highest BCUT2D eigenvalue weighted by Crippen LogP contribution is 2.25. The van der Waals surface area contributed by atoms with E-state index in [9.17, 15) is 24.1 Å². The van der Waals surface area contributed by atoms with Crippen molar-refractivity contribution < 1.29 is 18.9 Å². The Hall–Kier alpha value is -3.00. The van der Waals surface area contributed by atoms with Crippen molar-refractivity contribution in [3.8, 4) is 0 Å². The summed E-state index contributed by atoms with van der Waals surface area (Å²) in [5, 5.41) is 15.8. The van der Waals surface area contributed by atoms with Crippen LogP contribution in [0, 0.1) is 15.9 Å². The summed E-state index contributed by atoms with van der Waals surface area (Å²) < 4.78 is 13.8. The van der Waals surface area contributed by atoms with Crippen molar-refractivity contribution in [2.75, 3.05) is 10.6 Å². The van der Waals surface area contributed by atoms with Crippen LogP contribution in [0.25, 0.3) is 0 Å². The normalized spacial score (nSPS) is 10.1. The molecule has 0 bridgehead atoms. The monoisotopic (exact) mass is 351 g/mol. The molecule has 0 aromatic heterocycles. The molecule has 0 saturated heterocycles. The number of rotatable bonds is 4. The molecule has 9 heteroatoms. The van der Waals surface area contributed by atoms with Crippen molar-refractivity contribution in [2.45, 2.75) is 6.92 Å². The maximum atomic E-state index is 13.8. The SMILES string of the molecule is CC(=O)Nc1ccc(F)c(NC(=O)c2ccc(Cl)cc2[N+](=O)[O-])c1. The van der Waals surface area contributed by atoms with E-state index in [0.29, 0.717) is 0 Å². The number of nitrogens with zero attached hydrogens (tertiary/aromatic N) is 1. The van der Waals surface area contributed by atoms with Crippen LogP contribution in [0.15, 0.2) is 36.4 Å². The molecule has 0 aliphatic rings. The molecule has 2 rings (SSSR count). The molecule has 7 nitrogen and oxygen atoms in total. The Morgan fingerprint density at radius 1 is 1.17 bits per heavy atom. The highest BCUT2D eigenvalue weighted by Gasteiger charge is 2.21. The maximum Gasteiger partial charge on any atom is 0.283 e. The largest absolute Gasteiger partial charge is 0.326 e. The van der Waals surface area contributed by atoms with E-state index >= 15 is 0 Å². The van der Waals surface area contributed by atoms with Gasteiger partial charge in [0.15, 0.2) is 0 Å². The van der Waals surface area contributed by atoms with Crippen molar-refractivity contribution in [2.24, 2.45) is 0 Å². The zero-order chi connectivity index (χ0) is 17.9. The summed E-state index contributed by atoms with van der Waals surface area (Å²) in [6.45, 7) is 1.28. The third-order valence-corrected chi connectivity index (χ3v) is 3.17. The van der Waals surface area contributed by atoms with E-state index in [2.05, 4.69) is 10.6 Å². The fourth-order valence-electron chi connectivity index (χ4n) is 1.94. The third-order valence-electron chi connectivity index (χ3n) is 2.94. The summed E-state index contributed by atoms with van der Waals surface area (Å²) in [7, 11) is 0. The molecule has 0 spiro atoms. The van der Waals surface area contributed by atoms with Crippen molar-refractivity contribution in [1.82, 2.24) is 0 Å². The third kappa shape index (κ3) is 4.05. The Bertz CT molecular complexity index is 841. The lowest BCUT2D eigenvalue weighted by Crippen LogP contribution is -2.15. The molecule has 0 radical (unpaired) electrons. The van der Waals surface area contributed by atoms with Crippen LogP contribution < -0.4 is 10.6 Å².